The Labute approximate surface area is 454 Å². The normalized spacial score (nSPS) is 13.4. The second-order valence-electron chi connectivity index (χ2n) is 20.6. The van der Waals surface area contributed by atoms with Crippen LogP contribution in [-0.4, -0.2) is 33.2 Å². The van der Waals surface area contributed by atoms with Crippen LogP contribution < -0.4 is 0 Å². The lowest BCUT2D eigenvalue weighted by atomic mass is 9.89. The molecule has 0 fully saturated rings. The van der Waals surface area contributed by atoms with E-state index in [1.807, 2.05) is 66.7 Å². The summed E-state index contributed by atoms with van der Waals surface area (Å²) in [6, 6.07) is 83.7. The van der Waals surface area contributed by atoms with Gasteiger partial charge in [0.25, 0.3) is 0 Å². The standard InChI is InChI=1S/C71H46N8/c1-44-21-20-36-57-64(44)68-61(40-38-59-67(68)51-31-15-18-34-55(51)77(59)49-28-12-5-13-29-49)79(57)62-42-63(53(41-47(62)43-72)71-74-69(45-22-6-2-7-23-45)73-70(75-71)46-24-8-3-9-25-46)78-56-35-19-16-32-52(56)66-60(78)39-37-58-65(66)50-30-14-17-33-54(50)76(58)48-26-10-4-11-27-48/h2-20,22-42,44H,21H2,1H3. The predicted molar refractivity (Wildman–Crippen MR) is 323 cm³/mol. The average Bonchev–Trinajstić information content (AvgIpc) is 4.37. The van der Waals surface area contributed by atoms with Gasteiger partial charge in [-0.1, -0.05) is 165 Å². The third kappa shape index (κ3) is 6.63. The Hall–Kier alpha value is -10.6. The zero-order valence-corrected chi connectivity index (χ0v) is 43.0. The van der Waals surface area contributed by atoms with E-state index in [0.717, 1.165) is 95.4 Å². The fourth-order valence-electron chi connectivity index (χ4n) is 12.9. The molecule has 1 aliphatic carbocycles. The number of benzene rings is 10. The molecule has 5 aromatic heterocycles. The minimum absolute atomic E-state index is 0.202. The molecule has 1 unspecified atom stereocenters. The molecule has 0 saturated carbocycles. The summed E-state index contributed by atoms with van der Waals surface area (Å²) in [6.45, 7) is 2.34. The van der Waals surface area contributed by atoms with E-state index in [1.54, 1.807) is 0 Å². The van der Waals surface area contributed by atoms with Gasteiger partial charge in [0.05, 0.1) is 61.2 Å². The molecule has 0 aliphatic heterocycles. The van der Waals surface area contributed by atoms with Gasteiger partial charge in [-0.15, -0.1) is 0 Å². The minimum atomic E-state index is 0.202. The molecule has 0 N–H and O–H groups in total. The third-order valence-electron chi connectivity index (χ3n) is 16.3. The van der Waals surface area contributed by atoms with Crippen LogP contribution in [0.3, 0.4) is 0 Å². The second kappa shape index (κ2) is 17.5. The minimum Gasteiger partial charge on any atom is -0.309 e. The molecule has 79 heavy (non-hydrogen) atoms. The number of hydrogen-bond acceptors (Lipinski definition) is 4. The van der Waals surface area contributed by atoms with Crippen LogP contribution >= 0.6 is 0 Å². The molecule has 10 aromatic carbocycles. The number of fused-ring (bicyclic) bond motifs is 14. The topological polar surface area (TPSA) is 82.2 Å². The summed E-state index contributed by atoms with van der Waals surface area (Å²) < 4.78 is 9.51. The SMILES string of the molecule is CC1CC=Cc2c1c1c3c4ccccc4n(-c4ccccc4)c3ccc1n2-c1cc(-n2c3ccccc3c3c4c5ccccc5n(-c5ccccc5)c4ccc32)c(-c2nc(-c3ccccc3)nc(-c3ccccc3)n2)cc1C#N. The van der Waals surface area contributed by atoms with Gasteiger partial charge in [-0.3, -0.25) is 0 Å². The van der Waals surface area contributed by atoms with Crippen molar-refractivity contribution in [2.24, 2.45) is 0 Å². The van der Waals surface area contributed by atoms with Gasteiger partial charge in [0.1, 0.15) is 6.07 Å². The predicted octanol–water partition coefficient (Wildman–Crippen LogP) is 17.5. The number of aromatic nitrogens is 7. The fraction of sp³-hybridized carbons (Fsp3) is 0.0423. The highest BCUT2D eigenvalue weighted by atomic mass is 15.1. The lowest BCUT2D eigenvalue weighted by molar-refractivity contribution is 0.773. The smallest absolute Gasteiger partial charge is 0.166 e. The number of nitrogens with zero attached hydrogens (tertiary/aromatic N) is 8. The lowest BCUT2D eigenvalue weighted by Gasteiger charge is -2.20. The first kappa shape index (κ1) is 44.7. The van der Waals surface area contributed by atoms with E-state index in [9.17, 15) is 5.26 Å². The van der Waals surface area contributed by atoms with Gasteiger partial charge in [-0.05, 0) is 103 Å². The van der Waals surface area contributed by atoms with E-state index in [1.165, 1.54) is 32.5 Å². The maximum absolute atomic E-state index is 11.8. The fourth-order valence-corrected chi connectivity index (χ4v) is 12.9. The molecule has 8 nitrogen and oxygen atoms in total. The molecule has 15 aromatic rings. The number of para-hydroxylation sites is 5. The third-order valence-corrected chi connectivity index (χ3v) is 16.3. The first-order valence-corrected chi connectivity index (χ1v) is 26.9. The van der Waals surface area contributed by atoms with Gasteiger partial charge in [-0.2, -0.15) is 5.26 Å². The van der Waals surface area contributed by atoms with Crippen LogP contribution in [0.4, 0.5) is 0 Å². The summed E-state index contributed by atoms with van der Waals surface area (Å²) in [5.74, 6) is 1.74. The summed E-state index contributed by atoms with van der Waals surface area (Å²) in [6.07, 6.45) is 5.47. The van der Waals surface area contributed by atoms with Crippen molar-refractivity contribution < 1.29 is 0 Å². The second-order valence-corrected chi connectivity index (χ2v) is 20.6. The quantitative estimate of drug-likeness (QED) is 0.159. The van der Waals surface area contributed by atoms with Gasteiger partial charge < -0.3 is 18.3 Å². The molecular weight excluding hydrogens is 965 g/mol. The first-order chi connectivity index (χ1) is 39.1. The Morgan fingerprint density at radius 3 is 1.33 bits per heavy atom. The van der Waals surface area contributed by atoms with Crippen molar-refractivity contribution >= 4 is 82.4 Å². The van der Waals surface area contributed by atoms with Crippen LogP contribution in [0.2, 0.25) is 0 Å². The highest BCUT2D eigenvalue weighted by molar-refractivity contribution is 6.29. The van der Waals surface area contributed by atoms with Crippen molar-refractivity contribution in [2.45, 2.75) is 19.3 Å². The molecule has 0 spiro atoms. The van der Waals surface area contributed by atoms with Gasteiger partial charge in [0.15, 0.2) is 17.5 Å². The molecule has 16 rings (SSSR count). The molecule has 1 aliphatic rings. The van der Waals surface area contributed by atoms with Gasteiger partial charge in [0.2, 0.25) is 0 Å². The van der Waals surface area contributed by atoms with Crippen LogP contribution in [0.25, 0.3) is 139 Å². The largest absolute Gasteiger partial charge is 0.309 e. The van der Waals surface area contributed by atoms with Crippen molar-refractivity contribution in [3.8, 4) is 63.0 Å². The zero-order valence-electron chi connectivity index (χ0n) is 43.0. The van der Waals surface area contributed by atoms with Crippen LogP contribution in [-0.2, 0) is 0 Å². The molecule has 370 valence electrons. The van der Waals surface area contributed by atoms with Crippen molar-refractivity contribution in [3.63, 3.8) is 0 Å². The zero-order chi connectivity index (χ0) is 52.3. The summed E-state index contributed by atoms with van der Waals surface area (Å²) in [5, 5.41) is 19.9. The molecule has 1 atom stereocenters. The van der Waals surface area contributed by atoms with E-state index in [4.69, 9.17) is 15.0 Å². The van der Waals surface area contributed by atoms with Crippen LogP contribution in [0.5, 0.6) is 0 Å². The van der Waals surface area contributed by atoms with Crippen molar-refractivity contribution in [1.29, 1.82) is 5.26 Å². The van der Waals surface area contributed by atoms with E-state index in [2.05, 4.69) is 207 Å². The van der Waals surface area contributed by atoms with E-state index < -0.39 is 0 Å². The Bertz CT molecular complexity index is 5000. The molecule has 0 saturated heterocycles. The summed E-state index contributed by atoms with van der Waals surface area (Å²) in [5.41, 5.74) is 16.7. The van der Waals surface area contributed by atoms with E-state index in [0.29, 0.717) is 28.6 Å². The van der Waals surface area contributed by atoms with Gasteiger partial charge in [0, 0.05) is 65.8 Å². The number of nitriles is 1. The molecule has 0 radical (unpaired) electrons. The van der Waals surface area contributed by atoms with Crippen molar-refractivity contribution in [2.75, 3.05) is 0 Å². The lowest BCUT2D eigenvalue weighted by Crippen LogP contribution is -2.08. The van der Waals surface area contributed by atoms with Crippen LogP contribution in [0.15, 0.2) is 237 Å². The Kier molecular flexibility index (Phi) is 9.87. The Morgan fingerprint density at radius 1 is 0.405 bits per heavy atom. The highest BCUT2D eigenvalue weighted by Crippen LogP contribution is 2.49. The Morgan fingerprint density at radius 2 is 0.823 bits per heavy atom. The number of hydrogen-bond donors (Lipinski definition) is 0. The molecular formula is C71H46N8. The Balaban J connectivity index is 1.05. The highest BCUT2D eigenvalue weighted by Gasteiger charge is 2.30. The summed E-state index contributed by atoms with van der Waals surface area (Å²) >= 11 is 0. The van der Waals surface area contributed by atoms with Crippen LogP contribution in [0.1, 0.15) is 36.1 Å². The first-order valence-electron chi connectivity index (χ1n) is 26.9. The van der Waals surface area contributed by atoms with Gasteiger partial charge in [-0.25, -0.2) is 15.0 Å². The van der Waals surface area contributed by atoms with Crippen LogP contribution in [0, 0.1) is 11.3 Å². The molecule has 8 heteroatoms. The maximum atomic E-state index is 11.8. The maximum Gasteiger partial charge on any atom is 0.166 e. The van der Waals surface area contributed by atoms with Gasteiger partial charge >= 0.3 is 0 Å². The average molecular weight is 1010 g/mol. The van der Waals surface area contributed by atoms with E-state index >= 15 is 0 Å². The van der Waals surface area contributed by atoms with E-state index in [-0.39, 0.29) is 5.92 Å². The number of allylic oxidation sites excluding steroid dienone is 1. The van der Waals surface area contributed by atoms with Crippen molar-refractivity contribution in [3.05, 3.63) is 253 Å². The molecule has 0 amide bonds. The van der Waals surface area contributed by atoms with Crippen molar-refractivity contribution in [1.82, 2.24) is 33.2 Å². The molecule has 5 heterocycles. The monoisotopic (exact) mass is 1010 g/mol. The summed E-state index contributed by atoms with van der Waals surface area (Å²) in [4.78, 5) is 15.9. The number of rotatable bonds is 7. The summed E-state index contributed by atoms with van der Waals surface area (Å²) in [7, 11) is 0. The molecule has 0 bridgehead atoms.